The Labute approximate surface area is 125 Å². The second-order valence-corrected chi connectivity index (χ2v) is 6.25. The molecule has 110 valence electrons. The average Bonchev–Trinajstić information content (AvgIpc) is 2.30. The van der Waals surface area contributed by atoms with Gasteiger partial charge in [-0.2, -0.15) is 0 Å². The minimum absolute atomic E-state index is 0.0787. The molecule has 0 atom stereocenters. The van der Waals surface area contributed by atoms with Gasteiger partial charge in [-0.15, -0.1) is 0 Å². The summed E-state index contributed by atoms with van der Waals surface area (Å²) < 4.78 is 13.8. The summed E-state index contributed by atoms with van der Waals surface area (Å²) >= 11 is 3.03. The topological polar surface area (TPSA) is 57.6 Å². The average molecular weight is 346 g/mol. The fraction of sp³-hybridized carbons (Fsp3) is 0.429. The van der Waals surface area contributed by atoms with Crippen LogP contribution in [0.2, 0.25) is 0 Å². The molecule has 0 saturated carbocycles. The maximum atomic E-state index is 13.5. The van der Waals surface area contributed by atoms with E-state index in [0.29, 0.717) is 0 Å². The zero-order chi connectivity index (χ0) is 15.5. The lowest BCUT2D eigenvalue weighted by molar-refractivity contribution is -0.137. The molecule has 20 heavy (non-hydrogen) atoms. The van der Waals surface area contributed by atoms with Crippen LogP contribution in [-0.2, 0) is 4.79 Å². The summed E-state index contributed by atoms with van der Waals surface area (Å²) in [7, 11) is 0. The summed E-state index contributed by atoms with van der Waals surface area (Å²) in [5, 5.41) is 8.76. The van der Waals surface area contributed by atoms with Crippen molar-refractivity contribution in [1.82, 2.24) is 4.90 Å². The van der Waals surface area contributed by atoms with E-state index >= 15 is 0 Å². The number of carbonyl (C=O) groups is 2. The number of rotatable bonds is 4. The molecule has 1 N–H and O–H groups in total. The third-order valence-electron chi connectivity index (χ3n) is 2.77. The van der Waals surface area contributed by atoms with E-state index in [-0.39, 0.29) is 28.9 Å². The Hall–Kier alpha value is -1.43. The number of carboxylic acids is 1. The maximum absolute atomic E-state index is 13.5. The van der Waals surface area contributed by atoms with Gasteiger partial charge in [0.25, 0.3) is 5.91 Å². The van der Waals surface area contributed by atoms with Crippen LogP contribution in [-0.4, -0.2) is 34.0 Å². The first kappa shape index (κ1) is 16.6. The molecule has 1 amide bonds. The van der Waals surface area contributed by atoms with Crippen LogP contribution in [0.5, 0.6) is 0 Å². The first-order valence-electron chi connectivity index (χ1n) is 6.11. The molecule has 0 heterocycles. The van der Waals surface area contributed by atoms with E-state index in [2.05, 4.69) is 15.9 Å². The predicted molar refractivity (Wildman–Crippen MR) is 77.1 cm³/mol. The minimum atomic E-state index is -0.978. The predicted octanol–water partition coefficient (Wildman–Crippen LogP) is 3.30. The van der Waals surface area contributed by atoms with Crippen LogP contribution in [0.1, 0.15) is 37.6 Å². The summed E-state index contributed by atoms with van der Waals surface area (Å²) in [6.07, 6.45) is -0.151. The van der Waals surface area contributed by atoms with E-state index < -0.39 is 17.3 Å². The first-order valence-corrected chi connectivity index (χ1v) is 6.91. The molecule has 0 fully saturated rings. The molecule has 0 bridgehead atoms. The number of amides is 1. The third-order valence-corrected chi connectivity index (χ3v) is 3.41. The molecule has 0 spiro atoms. The molecular weight excluding hydrogens is 329 g/mol. The molecule has 0 aliphatic carbocycles. The van der Waals surface area contributed by atoms with E-state index in [1.807, 2.05) is 20.8 Å². The molecule has 0 unspecified atom stereocenters. The summed E-state index contributed by atoms with van der Waals surface area (Å²) in [6, 6.07) is 4.11. The van der Waals surface area contributed by atoms with Crippen LogP contribution < -0.4 is 0 Å². The fourth-order valence-corrected chi connectivity index (χ4v) is 1.98. The minimum Gasteiger partial charge on any atom is -0.481 e. The van der Waals surface area contributed by atoms with Crippen LogP contribution >= 0.6 is 15.9 Å². The Morgan fingerprint density at radius 1 is 1.35 bits per heavy atom. The molecule has 0 radical (unpaired) electrons. The smallest absolute Gasteiger partial charge is 0.305 e. The fourth-order valence-electron chi connectivity index (χ4n) is 1.73. The van der Waals surface area contributed by atoms with Crippen LogP contribution in [0, 0.1) is 5.82 Å². The normalized spacial score (nSPS) is 11.2. The van der Waals surface area contributed by atoms with Crippen molar-refractivity contribution >= 4 is 27.8 Å². The number of hydrogen-bond donors (Lipinski definition) is 1. The van der Waals surface area contributed by atoms with E-state index in [1.54, 1.807) is 0 Å². The third kappa shape index (κ3) is 4.30. The highest BCUT2D eigenvalue weighted by atomic mass is 79.9. The molecule has 0 aliphatic rings. The molecular formula is C14H17BrFNO3. The molecule has 4 nitrogen and oxygen atoms in total. The second-order valence-electron chi connectivity index (χ2n) is 5.40. The lowest BCUT2D eigenvalue weighted by atomic mass is 10.0. The zero-order valence-electron chi connectivity index (χ0n) is 11.6. The van der Waals surface area contributed by atoms with E-state index in [0.717, 1.165) is 6.07 Å². The number of nitrogens with zero attached hydrogens (tertiary/aromatic N) is 1. The molecule has 1 aromatic carbocycles. The second kappa shape index (κ2) is 6.35. The highest BCUT2D eigenvalue weighted by molar-refractivity contribution is 9.10. The molecule has 0 saturated heterocycles. The number of carboxylic acid groups (broad SMARTS) is 1. The van der Waals surface area contributed by atoms with Gasteiger partial charge in [-0.25, -0.2) is 4.39 Å². The van der Waals surface area contributed by atoms with E-state index in [9.17, 15) is 14.0 Å². The maximum Gasteiger partial charge on any atom is 0.305 e. The lowest BCUT2D eigenvalue weighted by Gasteiger charge is -2.35. The molecule has 0 aromatic heterocycles. The zero-order valence-corrected chi connectivity index (χ0v) is 13.2. The van der Waals surface area contributed by atoms with Gasteiger partial charge in [0.2, 0.25) is 0 Å². The summed E-state index contributed by atoms with van der Waals surface area (Å²) in [5.74, 6) is -1.89. The van der Waals surface area contributed by atoms with Gasteiger partial charge in [0, 0.05) is 17.6 Å². The van der Waals surface area contributed by atoms with Crippen LogP contribution in [0.4, 0.5) is 4.39 Å². The van der Waals surface area contributed by atoms with Gasteiger partial charge in [-0.05, 0) is 54.9 Å². The number of hydrogen-bond acceptors (Lipinski definition) is 2. The molecule has 6 heteroatoms. The Morgan fingerprint density at radius 3 is 2.40 bits per heavy atom. The summed E-state index contributed by atoms with van der Waals surface area (Å²) in [6.45, 7) is 5.50. The highest BCUT2D eigenvalue weighted by Gasteiger charge is 2.28. The van der Waals surface area contributed by atoms with Crippen LogP contribution in [0.15, 0.2) is 22.7 Å². The Bertz CT molecular complexity index is 526. The number of halogens is 2. The molecule has 1 aromatic rings. The Balaban J connectivity index is 3.03. The Kier molecular flexibility index (Phi) is 5.28. The number of benzene rings is 1. The van der Waals surface area contributed by atoms with Crippen molar-refractivity contribution in [2.75, 3.05) is 6.54 Å². The monoisotopic (exact) mass is 345 g/mol. The van der Waals surface area contributed by atoms with Crippen LogP contribution in [0.3, 0.4) is 0 Å². The van der Waals surface area contributed by atoms with Gasteiger partial charge < -0.3 is 10.0 Å². The van der Waals surface area contributed by atoms with Gasteiger partial charge in [-0.3, -0.25) is 9.59 Å². The van der Waals surface area contributed by atoms with Gasteiger partial charge in [0.1, 0.15) is 5.82 Å². The van der Waals surface area contributed by atoms with Crippen molar-refractivity contribution in [3.8, 4) is 0 Å². The highest BCUT2D eigenvalue weighted by Crippen LogP contribution is 2.21. The van der Waals surface area contributed by atoms with Gasteiger partial charge in [0.15, 0.2) is 0 Å². The largest absolute Gasteiger partial charge is 0.481 e. The van der Waals surface area contributed by atoms with E-state index in [1.165, 1.54) is 17.0 Å². The van der Waals surface area contributed by atoms with Crippen molar-refractivity contribution in [2.45, 2.75) is 32.7 Å². The first-order chi connectivity index (χ1) is 9.12. The van der Waals surface area contributed by atoms with Gasteiger partial charge >= 0.3 is 5.97 Å². The number of aliphatic carboxylic acids is 1. The molecule has 1 rings (SSSR count). The summed E-state index contributed by atoms with van der Waals surface area (Å²) in [4.78, 5) is 24.5. The number of carbonyl (C=O) groups excluding carboxylic acids is 1. The van der Waals surface area contributed by atoms with Gasteiger partial charge in [0.05, 0.1) is 10.9 Å². The molecule has 0 aliphatic heterocycles. The van der Waals surface area contributed by atoms with E-state index in [4.69, 9.17) is 5.11 Å². The van der Waals surface area contributed by atoms with Crippen molar-refractivity contribution in [3.05, 3.63) is 34.1 Å². The quantitative estimate of drug-likeness (QED) is 0.910. The van der Waals surface area contributed by atoms with Crippen molar-refractivity contribution in [1.29, 1.82) is 0 Å². The van der Waals surface area contributed by atoms with Crippen molar-refractivity contribution < 1.29 is 19.1 Å². The SMILES string of the molecule is CC(C)(C)N(CCC(=O)O)C(=O)c1ccc(Br)c(F)c1. The van der Waals surface area contributed by atoms with Crippen LogP contribution in [0.25, 0.3) is 0 Å². The van der Waals surface area contributed by atoms with Crippen molar-refractivity contribution in [2.24, 2.45) is 0 Å². The Morgan fingerprint density at radius 2 is 1.95 bits per heavy atom. The standard InChI is InChI=1S/C14H17BrFNO3/c1-14(2,3)17(7-6-12(18)19)13(20)9-4-5-10(15)11(16)8-9/h4-5,8H,6-7H2,1-3H3,(H,18,19). The summed E-state index contributed by atoms with van der Waals surface area (Å²) in [5.41, 5.74) is -0.346. The lowest BCUT2D eigenvalue weighted by Crippen LogP contribution is -2.46. The van der Waals surface area contributed by atoms with Gasteiger partial charge in [-0.1, -0.05) is 0 Å². The van der Waals surface area contributed by atoms with Crippen molar-refractivity contribution in [3.63, 3.8) is 0 Å².